The van der Waals surface area contributed by atoms with E-state index in [1.54, 1.807) is 12.1 Å². The van der Waals surface area contributed by atoms with E-state index < -0.39 is 5.60 Å². The summed E-state index contributed by atoms with van der Waals surface area (Å²) >= 11 is 3.52. The first-order valence-corrected chi connectivity index (χ1v) is 7.95. The lowest BCUT2D eigenvalue weighted by atomic mass is 9.98. The van der Waals surface area contributed by atoms with E-state index in [-0.39, 0.29) is 5.91 Å². The first kappa shape index (κ1) is 16.4. The van der Waals surface area contributed by atoms with Crippen molar-refractivity contribution in [1.29, 1.82) is 0 Å². The molecule has 0 saturated carbocycles. The number of amides is 1. The molecular formula is C15H22BrN3O2. The molecule has 0 aliphatic carbocycles. The van der Waals surface area contributed by atoms with Crippen molar-refractivity contribution in [2.75, 3.05) is 13.1 Å². The number of nitrogen functional groups attached to an aromatic ring is 1. The molecule has 116 valence electrons. The number of carbonyl (C=O) groups is 1. The van der Waals surface area contributed by atoms with E-state index in [0.29, 0.717) is 5.56 Å². The van der Waals surface area contributed by atoms with Gasteiger partial charge >= 0.3 is 0 Å². The van der Waals surface area contributed by atoms with Gasteiger partial charge in [0.15, 0.2) is 0 Å². The lowest BCUT2D eigenvalue weighted by Gasteiger charge is -2.23. The summed E-state index contributed by atoms with van der Waals surface area (Å²) in [6.07, 6.45) is 2.64. The third kappa shape index (κ3) is 4.51. The van der Waals surface area contributed by atoms with Crippen LogP contribution in [0.2, 0.25) is 0 Å². The van der Waals surface area contributed by atoms with Crippen LogP contribution in [0.15, 0.2) is 22.7 Å². The van der Waals surface area contributed by atoms with Gasteiger partial charge in [0, 0.05) is 23.1 Å². The summed E-state index contributed by atoms with van der Waals surface area (Å²) < 4.78 is 0.902. The van der Waals surface area contributed by atoms with Crippen molar-refractivity contribution in [1.82, 2.24) is 10.3 Å². The molecule has 1 aliphatic rings. The Kier molecular flexibility index (Phi) is 5.37. The molecule has 21 heavy (non-hydrogen) atoms. The quantitative estimate of drug-likeness (QED) is 0.438. The maximum atomic E-state index is 11.5. The van der Waals surface area contributed by atoms with E-state index in [1.165, 1.54) is 0 Å². The fraction of sp³-hybridized carbons (Fsp3) is 0.533. The minimum absolute atomic E-state index is 0.298. The highest BCUT2D eigenvalue weighted by molar-refractivity contribution is 9.10. The molecule has 6 heteroatoms. The molecule has 0 spiro atoms. The van der Waals surface area contributed by atoms with Gasteiger partial charge in [-0.25, -0.2) is 5.84 Å². The molecule has 4 N–H and O–H groups in total. The smallest absolute Gasteiger partial charge is 0.265 e. The van der Waals surface area contributed by atoms with E-state index >= 15 is 0 Å². The number of hydrazine groups is 1. The molecule has 1 unspecified atom stereocenters. The van der Waals surface area contributed by atoms with Gasteiger partial charge in [0.05, 0.1) is 5.60 Å². The Morgan fingerprint density at radius 1 is 1.48 bits per heavy atom. The highest BCUT2D eigenvalue weighted by Crippen LogP contribution is 2.25. The lowest BCUT2D eigenvalue weighted by molar-refractivity contribution is 0.0444. The van der Waals surface area contributed by atoms with Gasteiger partial charge in [0.25, 0.3) is 5.91 Å². The standard InChI is InChI=1S/C15H22BrN3O2/c1-15(21)5-2-7-19(8-6-15)10-12-4-3-11(9-13(12)16)14(20)18-17/h3-4,9,21H,2,5-8,10,17H2,1H3,(H,18,20). The largest absolute Gasteiger partial charge is 0.390 e. The van der Waals surface area contributed by atoms with Crippen LogP contribution in [0.25, 0.3) is 0 Å². The van der Waals surface area contributed by atoms with Gasteiger partial charge in [0.1, 0.15) is 0 Å². The monoisotopic (exact) mass is 355 g/mol. The van der Waals surface area contributed by atoms with E-state index in [2.05, 4.69) is 26.3 Å². The summed E-state index contributed by atoms with van der Waals surface area (Å²) in [5, 5.41) is 10.1. The van der Waals surface area contributed by atoms with Gasteiger partial charge in [-0.15, -0.1) is 0 Å². The molecule has 0 bridgehead atoms. The van der Waals surface area contributed by atoms with Crippen LogP contribution in [0, 0.1) is 0 Å². The zero-order valence-electron chi connectivity index (χ0n) is 12.2. The summed E-state index contributed by atoms with van der Waals surface area (Å²) in [5.74, 6) is 4.84. The minimum atomic E-state index is -0.547. The van der Waals surface area contributed by atoms with Crippen LogP contribution in [0.3, 0.4) is 0 Å². The topological polar surface area (TPSA) is 78.6 Å². The van der Waals surface area contributed by atoms with Crippen molar-refractivity contribution < 1.29 is 9.90 Å². The summed E-state index contributed by atoms with van der Waals surface area (Å²) in [5.41, 5.74) is 3.25. The molecule has 1 aliphatic heterocycles. The molecule has 1 aromatic carbocycles. The number of likely N-dealkylation sites (tertiary alicyclic amines) is 1. The van der Waals surface area contributed by atoms with Gasteiger partial charge in [0.2, 0.25) is 0 Å². The van der Waals surface area contributed by atoms with Crippen LogP contribution in [-0.4, -0.2) is 34.6 Å². The van der Waals surface area contributed by atoms with Crippen molar-refractivity contribution in [3.63, 3.8) is 0 Å². The second-order valence-corrected chi connectivity index (χ2v) is 6.76. The van der Waals surface area contributed by atoms with Crippen LogP contribution in [0.5, 0.6) is 0 Å². The second kappa shape index (κ2) is 6.87. The van der Waals surface area contributed by atoms with Crippen molar-refractivity contribution in [3.05, 3.63) is 33.8 Å². The summed E-state index contributed by atoms with van der Waals surface area (Å²) in [4.78, 5) is 13.8. The molecule has 1 atom stereocenters. The highest BCUT2D eigenvalue weighted by atomic mass is 79.9. The van der Waals surface area contributed by atoms with Gasteiger partial charge < -0.3 is 5.11 Å². The Hall–Kier alpha value is -0.950. The van der Waals surface area contributed by atoms with Crippen molar-refractivity contribution in [2.24, 2.45) is 5.84 Å². The van der Waals surface area contributed by atoms with E-state index in [9.17, 15) is 9.90 Å². The Balaban J connectivity index is 2.04. The SMILES string of the molecule is CC1(O)CCCN(Cc2ccc(C(=O)NN)cc2Br)CC1. The molecule has 1 amide bonds. The summed E-state index contributed by atoms with van der Waals surface area (Å²) in [7, 11) is 0. The maximum Gasteiger partial charge on any atom is 0.265 e. The van der Waals surface area contributed by atoms with Gasteiger partial charge in [-0.2, -0.15) is 0 Å². The minimum Gasteiger partial charge on any atom is -0.390 e. The molecule has 0 aromatic heterocycles. The van der Waals surface area contributed by atoms with E-state index in [1.807, 2.05) is 13.0 Å². The Morgan fingerprint density at radius 3 is 2.90 bits per heavy atom. The fourth-order valence-electron chi connectivity index (χ4n) is 2.62. The molecule has 1 aromatic rings. The molecule has 5 nitrogen and oxygen atoms in total. The number of nitrogens with zero attached hydrogens (tertiary/aromatic N) is 1. The van der Waals surface area contributed by atoms with Gasteiger partial charge in [-0.05, 0) is 50.4 Å². The van der Waals surface area contributed by atoms with Gasteiger partial charge in [-0.1, -0.05) is 22.0 Å². The Morgan fingerprint density at radius 2 is 2.24 bits per heavy atom. The first-order valence-electron chi connectivity index (χ1n) is 7.15. The maximum absolute atomic E-state index is 11.5. The number of nitrogens with one attached hydrogen (secondary N) is 1. The van der Waals surface area contributed by atoms with Crippen molar-refractivity contribution in [3.8, 4) is 0 Å². The second-order valence-electron chi connectivity index (χ2n) is 5.91. The van der Waals surface area contributed by atoms with E-state index in [0.717, 1.165) is 48.9 Å². The van der Waals surface area contributed by atoms with Crippen molar-refractivity contribution >= 4 is 21.8 Å². The number of nitrogens with two attached hydrogens (primary N) is 1. The molecule has 2 rings (SSSR count). The van der Waals surface area contributed by atoms with Gasteiger partial charge in [-0.3, -0.25) is 15.1 Å². The predicted molar refractivity (Wildman–Crippen MR) is 85.5 cm³/mol. The summed E-state index contributed by atoms with van der Waals surface area (Å²) in [6.45, 7) is 4.58. The zero-order chi connectivity index (χ0) is 15.5. The average molecular weight is 356 g/mol. The van der Waals surface area contributed by atoms with Crippen LogP contribution in [0.4, 0.5) is 0 Å². The molecule has 1 saturated heterocycles. The number of hydrogen-bond donors (Lipinski definition) is 3. The number of carbonyl (C=O) groups excluding carboxylic acids is 1. The Labute approximate surface area is 133 Å². The normalized spacial score (nSPS) is 23.6. The van der Waals surface area contributed by atoms with Crippen LogP contribution in [-0.2, 0) is 6.54 Å². The molecule has 1 fully saturated rings. The van der Waals surface area contributed by atoms with E-state index in [4.69, 9.17) is 5.84 Å². The number of aliphatic hydroxyl groups is 1. The molecular weight excluding hydrogens is 334 g/mol. The first-order chi connectivity index (χ1) is 9.91. The third-order valence-corrected chi connectivity index (χ3v) is 4.73. The number of hydrogen-bond acceptors (Lipinski definition) is 4. The predicted octanol–water partition coefficient (Wildman–Crippen LogP) is 1.79. The molecule has 1 heterocycles. The number of halogens is 1. The van der Waals surface area contributed by atoms with Crippen LogP contribution >= 0.6 is 15.9 Å². The third-order valence-electron chi connectivity index (χ3n) is 4.00. The lowest BCUT2D eigenvalue weighted by Crippen LogP contribution is -2.30. The molecule has 0 radical (unpaired) electrons. The Bertz CT molecular complexity index is 520. The summed E-state index contributed by atoms with van der Waals surface area (Å²) in [6, 6.07) is 5.50. The van der Waals surface area contributed by atoms with Crippen LogP contribution in [0.1, 0.15) is 42.1 Å². The van der Waals surface area contributed by atoms with Crippen molar-refractivity contribution in [2.45, 2.75) is 38.3 Å². The fourth-order valence-corrected chi connectivity index (χ4v) is 3.12. The number of rotatable bonds is 3. The number of benzene rings is 1. The van der Waals surface area contributed by atoms with Crippen LogP contribution < -0.4 is 11.3 Å². The average Bonchev–Trinajstić information content (AvgIpc) is 2.61. The zero-order valence-corrected chi connectivity index (χ0v) is 13.8. The highest BCUT2D eigenvalue weighted by Gasteiger charge is 2.25.